The summed E-state index contributed by atoms with van der Waals surface area (Å²) in [7, 11) is 1.66. The summed E-state index contributed by atoms with van der Waals surface area (Å²) in [6.07, 6.45) is 2.21. The lowest BCUT2D eigenvalue weighted by Crippen LogP contribution is -2.42. The number of hydrogen-bond acceptors (Lipinski definition) is 5. The zero-order chi connectivity index (χ0) is 13.0. The Hall–Kier alpha value is -1.37. The van der Waals surface area contributed by atoms with Crippen molar-refractivity contribution in [2.45, 2.75) is 18.6 Å². The van der Waals surface area contributed by atoms with Gasteiger partial charge in [-0.25, -0.2) is 4.79 Å². The summed E-state index contributed by atoms with van der Waals surface area (Å²) < 4.78 is 15.9. The molecule has 1 saturated heterocycles. The van der Waals surface area contributed by atoms with Gasteiger partial charge in [-0.15, -0.1) is 0 Å². The van der Waals surface area contributed by atoms with E-state index < -0.39 is 5.97 Å². The molecule has 1 aliphatic rings. The van der Waals surface area contributed by atoms with Crippen LogP contribution in [0.4, 0.5) is 0 Å². The first-order valence-electron chi connectivity index (χ1n) is 5.80. The SMILES string of the molecule is COC1(CNCc2occc2C(=O)O)CCOC1. The monoisotopic (exact) mass is 255 g/mol. The predicted molar refractivity (Wildman–Crippen MR) is 62.6 cm³/mol. The molecule has 2 heterocycles. The number of rotatable bonds is 6. The van der Waals surface area contributed by atoms with Crippen molar-refractivity contribution >= 4 is 5.97 Å². The Morgan fingerprint density at radius 3 is 3.11 bits per heavy atom. The number of nitrogens with one attached hydrogen (secondary N) is 1. The van der Waals surface area contributed by atoms with Crippen molar-refractivity contribution in [2.24, 2.45) is 0 Å². The minimum absolute atomic E-state index is 0.191. The fourth-order valence-electron chi connectivity index (χ4n) is 2.03. The Kier molecular flexibility index (Phi) is 4.00. The normalized spacial score (nSPS) is 23.4. The molecule has 0 bridgehead atoms. The molecule has 1 unspecified atom stereocenters. The maximum atomic E-state index is 10.9. The summed E-state index contributed by atoms with van der Waals surface area (Å²) in [6.45, 7) is 2.21. The van der Waals surface area contributed by atoms with Gasteiger partial charge in [0, 0.05) is 26.7 Å². The number of hydrogen-bond donors (Lipinski definition) is 2. The van der Waals surface area contributed by atoms with Crippen LogP contribution < -0.4 is 5.32 Å². The van der Waals surface area contributed by atoms with E-state index in [0.29, 0.717) is 32.1 Å². The predicted octanol–water partition coefficient (Wildman–Crippen LogP) is 0.873. The first-order chi connectivity index (χ1) is 8.67. The molecule has 0 spiro atoms. The maximum Gasteiger partial charge on any atom is 0.339 e. The van der Waals surface area contributed by atoms with Crippen molar-refractivity contribution in [3.05, 3.63) is 23.7 Å². The Bertz CT molecular complexity index is 408. The van der Waals surface area contributed by atoms with Crippen LogP contribution in [0.3, 0.4) is 0 Å². The lowest BCUT2D eigenvalue weighted by atomic mass is 10.0. The first kappa shape index (κ1) is 13.1. The highest BCUT2D eigenvalue weighted by atomic mass is 16.5. The van der Waals surface area contributed by atoms with E-state index in [-0.39, 0.29) is 11.2 Å². The van der Waals surface area contributed by atoms with Crippen LogP contribution in [0.25, 0.3) is 0 Å². The van der Waals surface area contributed by atoms with E-state index in [2.05, 4.69) is 5.32 Å². The van der Waals surface area contributed by atoms with Gasteiger partial charge in [0.25, 0.3) is 0 Å². The zero-order valence-corrected chi connectivity index (χ0v) is 10.3. The number of furan rings is 1. The molecule has 0 aromatic carbocycles. The van der Waals surface area contributed by atoms with Gasteiger partial charge in [0.2, 0.25) is 0 Å². The van der Waals surface area contributed by atoms with Gasteiger partial charge in [-0.05, 0) is 6.07 Å². The van der Waals surface area contributed by atoms with Gasteiger partial charge >= 0.3 is 5.97 Å². The van der Waals surface area contributed by atoms with Gasteiger partial charge in [0.15, 0.2) is 0 Å². The van der Waals surface area contributed by atoms with E-state index in [4.69, 9.17) is 19.0 Å². The van der Waals surface area contributed by atoms with E-state index >= 15 is 0 Å². The molecule has 6 heteroatoms. The smallest absolute Gasteiger partial charge is 0.339 e. The van der Waals surface area contributed by atoms with Crippen LogP contribution in [-0.2, 0) is 16.0 Å². The second kappa shape index (κ2) is 5.51. The summed E-state index contributed by atoms with van der Waals surface area (Å²) in [5.74, 6) is -0.557. The molecule has 1 atom stereocenters. The molecule has 2 rings (SSSR count). The van der Waals surface area contributed by atoms with Crippen molar-refractivity contribution in [1.82, 2.24) is 5.32 Å². The molecule has 0 amide bonds. The topological polar surface area (TPSA) is 80.9 Å². The summed E-state index contributed by atoms with van der Waals surface area (Å²) in [4.78, 5) is 10.9. The molecule has 2 N–H and O–H groups in total. The third-order valence-corrected chi connectivity index (χ3v) is 3.21. The van der Waals surface area contributed by atoms with E-state index in [1.807, 2.05) is 0 Å². The number of ether oxygens (including phenoxy) is 2. The van der Waals surface area contributed by atoms with Gasteiger partial charge in [-0.2, -0.15) is 0 Å². The molecule has 100 valence electrons. The van der Waals surface area contributed by atoms with Crippen LogP contribution in [0.1, 0.15) is 22.5 Å². The third kappa shape index (κ3) is 2.72. The number of carbonyl (C=O) groups is 1. The second-order valence-electron chi connectivity index (χ2n) is 4.36. The van der Waals surface area contributed by atoms with E-state index in [9.17, 15) is 4.79 Å². The molecule has 1 aromatic rings. The fraction of sp³-hybridized carbons (Fsp3) is 0.583. The summed E-state index contributed by atoms with van der Waals surface area (Å²) in [5, 5.41) is 12.1. The second-order valence-corrected chi connectivity index (χ2v) is 4.36. The van der Waals surface area contributed by atoms with Crippen LogP contribution >= 0.6 is 0 Å². The Balaban J connectivity index is 1.88. The molecule has 0 aliphatic carbocycles. The highest BCUT2D eigenvalue weighted by Crippen LogP contribution is 2.21. The molecule has 6 nitrogen and oxygen atoms in total. The Morgan fingerprint density at radius 1 is 1.67 bits per heavy atom. The van der Waals surface area contributed by atoms with Gasteiger partial charge in [0.1, 0.15) is 16.9 Å². The van der Waals surface area contributed by atoms with Crippen LogP contribution in [0.2, 0.25) is 0 Å². The fourth-order valence-corrected chi connectivity index (χ4v) is 2.03. The van der Waals surface area contributed by atoms with Crippen LogP contribution in [-0.4, -0.2) is 43.5 Å². The van der Waals surface area contributed by atoms with Crippen molar-refractivity contribution in [2.75, 3.05) is 26.9 Å². The number of carboxylic acid groups (broad SMARTS) is 1. The minimum atomic E-state index is -0.980. The average molecular weight is 255 g/mol. The van der Waals surface area contributed by atoms with Crippen LogP contribution in [0, 0.1) is 0 Å². The lowest BCUT2D eigenvalue weighted by Gasteiger charge is -2.25. The molecule has 1 fully saturated rings. The van der Waals surface area contributed by atoms with Crippen molar-refractivity contribution < 1.29 is 23.8 Å². The zero-order valence-electron chi connectivity index (χ0n) is 10.3. The summed E-state index contributed by atoms with van der Waals surface area (Å²) in [6, 6.07) is 1.45. The highest BCUT2D eigenvalue weighted by molar-refractivity contribution is 5.88. The van der Waals surface area contributed by atoms with Crippen molar-refractivity contribution in [3.8, 4) is 0 Å². The Morgan fingerprint density at radius 2 is 2.50 bits per heavy atom. The van der Waals surface area contributed by atoms with Crippen molar-refractivity contribution in [1.29, 1.82) is 0 Å². The quantitative estimate of drug-likeness (QED) is 0.785. The molecule has 0 saturated carbocycles. The molecule has 1 aromatic heterocycles. The van der Waals surface area contributed by atoms with Crippen LogP contribution in [0.15, 0.2) is 16.7 Å². The van der Waals surface area contributed by atoms with Gasteiger partial charge in [0.05, 0.1) is 19.4 Å². The first-order valence-corrected chi connectivity index (χ1v) is 5.80. The maximum absolute atomic E-state index is 10.9. The molecule has 0 radical (unpaired) electrons. The number of methoxy groups -OCH3 is 1. The molecular formula is C12H17NO5. The van der Waals surface area contributed by atoms with Gasteiger partial charge < -0.3 is 24.3 Å². The lowest BCUT2D eigenvalue weighted by molar-refractivity contribution is -0.0161. The Labute approximate surface area is 105 Å². The standard InChI is InChI=1S/C12H17NO5/c1-16-12(3-5-17-8-12)7-13-6-10-9(11(14)15)2-4-18-10/h2,4,13H,3,5-8H2,1H3,(H,14,15). The van der Waals surface area contributed by atoms with E-state index in [0.717, 1.165) is 6.42 Å². The van der Waals surface area contributed by atoms with Crippen molar-refractivity contribution in [3.63, 3.8) is 0 Å². The van der Waals surface area contributed by atoms with E-state index in [1.165, 1.54) is 12.3 Å². The molecule has 18 heavy (non-hydrogen) atoms. The van der Waals surface area contributed by atoms with Gasteiger partial charge in [-0.1, -0.05) is 0 Å². The van der Waals surface area contributed by atoms with E-state index in [1.54, 1.807) is 7.11 Å². The number of carboxylic acids is 1. The largest absolute Gasteiger partial charge is 0.478 e. The van der Waals surface area contributed by atoms with Gasteiger partial charge in [-0.3, -0.25) is 0 Å². The minimum Gasteiger partial charge on any atom is -0.478 e. The highest BCUT2D eigenvalue weighted by Gasteiger charge is 2.34. The number of aromatic carboxylic acids is 1. The summed E-state index contributed by atoms with van der Waals surface area (Å²) >= 11 is 0. The third-order valence-electron chi connectivity index (χ3n) is 3.21. The van der Waals surface area contributed by atoms with Crippen LogP contribution in [0.5, 0.6) is 0 Å². The molecular weight excluding hydrogens is 238 g/mol. The average Bonchev–Trinajstić information content (AvgIpc) is 2.98. The summed E-state index contributed by atoms with van der Waals surface area (Å²) in [5.41, 5.74) is -0.118. The molecule has 1 aliphatic heterocycles.